The van der Waals surface area contributed by atoms with E-state index in [9.17, 15) is 4.79 Å². The minimum atomic E-state index is -0.266. The molecule has 0 aliphatic rings. The van der Waals surface area contributed by atoms with Crippen LogP contribution in [0.1, 0.15) is 16.8 Å². The maximum atomic E-state index is 12.0. The van der Waals surface area contributed by atoms with Crippen LogP contribution in [0.25, 0.3) is 11.6 Å². The molecule has 21 heavy (non-hydrogen) atoms. The Labute approximate surface area is 123 Å². The van der Waals surface area contributed by atoms with Crippen molar-refractivity contribution in [2.75, 3.05) is 32.9 Å². The number of furan rings is 1. The monoisotopic (exact) mass is 289 g/mol. The van der Waals surface area contributed by atoms with Crippen molar-refractivity contribution >= 4 is 11.7 Å². The average molecular weight is 289 g/mol. The van der Waals surface area contributed by atoms with E-state index in [1.165, 1.54) is 12.5 Å². The number of nitrogens with one attached hydrogen (secondary N) is 1. The van der Waals surface area contributed by atoms with Gasteiger partial charge in [-0.15, -0.1) is 0 Å². The van der Waals surface area contributed by atoms with Crippen LogP contribution in [0.15, 0.2) is 29.0 Å². The number of anilines is 1. The number of rotatable bonds is 6. The lowest BCUT2D eigenvalue weighted by atomic mass is 10.2. The van der Waals surface area contributed by atoms with Crippen LogP contribution in [-0.4, -0.2) is 48.0 Å². The van der Waals surface area contributed by atoms with Crippen molar-refractivity contribution < 1.29 is 9.21 Å². The van der Waals surface area contributed by atoms with Gasteiger partial charge in [0.15, 0.2) is 11.6 Å². The Morgan fingerprint density at radius 1 is 1.48 bits per heavy atom. The SMILES string of the molecule is CN(C)CCCNC(=O)c1cnc(-c2ccco2)nc1N. The molecule has 2 aromatic heterocycles. The van der Waals surface area contributed by atoms with E-state index in [0.717, 1.165) is 13.0 Å². The molecule has 0 fully saturated rings. The Bertz CT molecular complexity index is 595. The summed E-state index contributed by atoms with van der Waals surface area (Å²) >= 11 is 0. The van der Waals surface area contributed by atoms with Crippen LogP contribution in [0.4, 0.5) is 5.82 Å². The van der Waals surface area contributed by atoms with E-state index < -0.39 is 0 Å². The number of carbonyl (C=O) groups excluding carboxylic acids is 1. The summed E-state index contributed by atoms with van der Waals surface area (Å²) in [4.78, 5) is 22.3. The van der Waals surface area contributed by atoms with Crippen LogP contribution in [-0.2, 0) is 0 Å². The van der Waals surface area contributed by atoms with Gasteiger partial charge in [-0.1, -0.05) is 0 Å². The fourth-order valence-electron chi connectivity index (χ4n) is 1.79. The topological polar surface area (TPSA) is 97.3 Å². The van der Waals surface area contributed by atoms with E-state index in [0.29, 0.717) is 18.1 Å². The standard InChI is InChI=1S/C14H19N5O2/c1-19(2)7-4-6-16-14(20)10-9-17-13(18-12(10)15)11-5-3-8-21-11/h3,5,8-9H,4,6-7H2,1-2H3,(H,16,20)(H2,15,17,18). The number of nitrogens with zero attached hydrogens (tertiary/aromatic N) is 3. The highest BCUT2D eigenvalue weighted by Gasteiger charge is 2.13. The van der Waals surface area contributed by atoms with Gasteiger partial charge in [-0.2, -0.15) is 0 Å². The van der Waals surface area contributed by atoms with Gasteiger partial charge in [0.25, 0.3) is 5.91 Å². The van der Waals surface area contributed by atoms with Crippen molar-refractivity contribution in [1.82, 2.24) is 20.2 Å². The summed E-state index contributed by atoms with van der Waals surface area (Å²) in [6.45, 7) is 1.49. The van der Waals surface area contributed by atoms with Gasteiger partial charge in [0.1, 0.15) is 5.82 Å². The van der Waals surface area contributed by atoms with Gasteiger partial charge in [-0.05, 0) is 39.2 Å². The molecular weight excluding hydrogens is 270 g/mol. The highest BCUT2D eigenvalue weighted by Crippen LogP contribution is 2.17. The lowest BCUT2D eigenvalue weighted by Crippen LogP contribution is -2.28. The van der Waals surface area contributed by atoms with Crippen molar-refractivity contribution in [2.45, 2.75) is 6.42 Å². The van der Waals surface area contributed by atoms with E-state index >= 15 is 0 Å². The maximum Gasteiger partial charge on any atom is 0.256 e. The summed E-state index contributed by atoms with van der Waals surface area (Å²) < 4.78 is 5.19. The number of carbonyl (C=O) groups is 1. The fourth-order valence-corrected chi connectivity index (χ4v) is 1.79. The minimum Gasteiger partial charge on any atom is -0.461 e. The molecule has 0 spiro atoms. The quantitative estimate of drug-likeness (QED) is 0.770. The third kappa shape index (κ3) is 4.03. The molecule has 2 aromatic rings. The van der Waals surface area contributed by atoms with Crippen LogP contribution in [0.5, 0.6) is 0 Å². The Hall–Kier alpha value is -2.41. The molecule has 0 aromatic carbocycles. The van der Waals surface area contributed by atoms with Crippen molar-refractivity contribution in [1.29, 1.82) is 0 Å². The van der Waals surface area contributed by atoms with Crippen LogP contribution in [0, 0.1) is 0 Å². The van der Waals surface area contributed by atoms with Gasteiger partial charge in [0.05, 0.1) is 11.8 Å². The molecule has 3 N–H and O–H groups in total. The Kier molecular flexibility index (Phi) is 4.89. The molecule has 7 heteroatoms. The predicted octanol–water partition coefficient (Wildman–Crippen LogP) is 1.00. The Morgan fingerprint density at radius 2 is 2.29 bits per heavy atom. The second kappa shape index (κ2) is 6.85. The number of aromatic nitrogens is 2. The zero-order valence-electron chi connectivity index (χ0n) is 12.2. The first kappa shape index (κ1) is 15.0. The summed E-state index contributed by atoms with van der Waals surface area (Å²) in [5, 5.41) is 2.80. The molecule has 0 bridgehead atoms. The second-order valence-electron chi connectivity index (χ2n) is 4.88. The van der Waals surface area contributed by atoms with E-state index in [1.54, 1.807) is 12.1 Å². The summed E-state index contributed by atoms with van der Waals surface area (Å²) in [5.74, 6) is 0.750. The number of hydrogen-bond donors (Lipinski definition) is 2. The van der Waals surface area contributed by atoms with Gasteiger partial charge in [0.2, 0.25) is 0 Å². The molecule has 0 atom stereocenters. The average Bonchev–Trinajstić information content (AvgIpc) is 2.97. The molecule has 0 aliphatic heterocycles. The maximum absolute atomic E-state index is 12.0. The van der Waals surface area contributed by atoms with Crippen LogP contribution in [0.2, 0.25) is 0 Å². The first-order valence-electron chi connectivity index (χ1n) is 6.67. The second-order valence-corrected chi connectivity index (χ2v) is 4.88. The van der Waals surface area contributed by atoms with Gasteiger partial charge >= 0.3 is 0 Å². The molecule has 0 saturated heterocycles. The van der Waals surface area contributed by atoms with Crippen LogP contribution in [0.3, 0.4) is 0 Å². The van der Waals surface area contributed by atoms with Crippen LogP contribution < -0.4 is 11.1 Å². The first-order valence-corrected chi connectivity index (χ1v) is 6.67. The summed E-state index contributed by atoms with van der Waals surface area (Å²) in [6, 6.07) is 3.47. The van der Waals surface area contributed by atoms with Crippen molar-refractivity contribution in [3.8, 4) is 11.6 Å². The largest absolute Gasteiger partial charge is 0.461 e. The summed E-state index contributed by atoms with van der Waals surface area (Å²) in [7, 11) is 3.97. The van der Waals surface area contributed by atoms with E-state index in [1.807, 2.05) is 14.1 Å². The smallest absolute Gasteiger partial charge is 0.256 e. The van der Waals surface area contributed by atoms with E-state index in [-0.39, 0.29) is 17.3 Å². The lowest BCUT2D eigenvalue weighted by molar-refractivity contribution is 0.0952. The molecular formula is C14H19N5O2. The molecule has 0 radical (unpaired) electrons. The highest BCUT2D eigenvalue weighted by molar-refractivity contribution is 5.98. The summed E-state index contributed by atoms with van der Waals surface area (Å²) in [6.07, 6.45) is 3.81. The van der Waals surface area contributed by atoms with E-state index in [4.69, 9.17) is 10.2 Å². The first-order chi connectivity index (χ1) is 10.1. The van der Waals surface area contributed by atoms with Crippen molar-refractivity contribution in [3.05, 3.63) is 30.2 Å². The number of nitrogens with two attached hydrogens (primary N) is 1. The fraction of sp³-hybridized carbons (Fsp3) is 0.357. The van der Waals surface area contributed by atoms with Gasteiger partial charge in [-0.25, -0.2) is 9.97 Å². The highest BCUT2D eigenvalue weighted by atomic mass is 16.3. The Balaban J connectivity index is 1.98. The molecule has 112 valence electrons. The molecule has 0 aliphatic carbocycles. The minimum absolute atomic E-state index is 0.140. The zero-order valence-corrected chi connectivity index (χ0v) is 12.2. The van der Waals surface area contributed by atoms with Gasteiger partial charge < -0.3 is 20.4 Å². The zero-order chi connectivity index (χ0) is 15.2. The number of amides is 1. The third-order valence-electron chi connectivity index (χ3n) is 2.87. The number of nitrogen functional groups attached to an aromatic ring is 1. The van der Waals surface area contributed by atoms with Gasteiger partial charge in [-0.3, -0.25) is 4.79 Å². The summed E-state index contributed by atoms with van der Waals surface area (Å²) in [5.41, 5.74) is 6.09. The van der Waals surface area contributed by atoms with Crippen molar-refractivity contribution in [2.24, 2.45) is 0 Å². The molecule has 0 unspecified atom stereocenters. The molecule has 2 rings (SSSR count). The molecule has 2 heterocycles. The predicted molar refractivity (Wildman–Crippen MR) is 79.7 cm³/mol. The molecule has 7 nitrogen and oxygen atoms in total. The van der Waals surface area contributed by atoms with E-state index in [2.05, 4.69) is 20.2 Å². The third-order valence-corrected chi connectivity index (χ3v) is 2.87. The normalized spacial score (nSPS) is 10.8. The molecule has 1 amide bonds. The van der Waals surface area contributed by atoms with Gasteiger partial charge in [0, 0.05) is 12.7 Å². The molecule has 0 saturated carbocycles. The Morgan fingerprint density at radius 3 is 2.90 bits per heavy atom. The van der Waals surface area contributed by atoms with Crippen molar-refractivity contribution in [3.63, 3.8) is 0 Å². The van der Waals surface area contributed by atoms with Crippen LogP contribution >= 0.6 is 0 Å². The number of hydrogen-bond acceptors (Lipinski definition) is 6. The lowest BCUT2D eigenvalue weighted by Gasteiger charge is -2.10.